The summed E-state index contributed by atoms with van der Waals surface area (Å²) >= 11 is 0. The Morgan fingerprint density at radius 2 is 2.38 bits per heavy atom. The van der Waals surface area contributed by atoms with Crippen molar-refractivity contribution in [2.24, 2.45) is 11.8 Å². The fourth-order valence-corrected chi connectivity index (χ4v) is 2.51. The molecule has 3 atom stereocenters. The minimum Gasteiger partial charge on any atom is -0.381 e. The molecule has 4 heteroatoms. The van der Waals surface area contributed by atoms with E-state index >= 15 is 0 Å². The van der Waals surface area contributed by atoms with Crippen LogP contribution < -0.4 is 10.6 Å². The van der Waals surface area contributed by atoms with Crippen LogP contribution in [0.4, 0.5) is 0 Å². The highest BCUT2D eigenvalue weighted by atomic mass is 16.5. The van der Waals surface area contributed by atoms with Crippen LogP contribution in [0.5, 0.6) is 0 Å². The molecule has 0 aliphatic carbocycles. The summed E-state index contributed by atoms with van der Waals surface area (Å²) < 4.78 is 5.31. The molecule has 0 radical (unpaired) electrons. The van der Waals surface area contributed by atoms with Gasteiger partial charge in [0.2, 0.25) is 5.91 Å². The van der Waals surface area contributed by atoms with E-state index in [1.54, 1.807) is 0 Å². The third-order valence-electron chi connectivity index (χ3n) is 3.69. The van der Waals surface area contributed by atoms with E-state index in [0.29, 0.717) is 11.8 Å². The maximum atomic E-state index is 11.8. The number of rotatable bonds is 4. The van der Waals surface area contributed by atoms with Crippen LogP contribution in [-0.2, 0) is 9.53 Å². The number of nitrogens with one attached hydrogen (secondary N) is 2. The van der Waals surface area contributed by atoms with Crippen molar-refractivity contribution in [1.82, 2.24) is 10.6 Å². The molecule has 16 heavy (non-hydrogen) atoms. The molecule has 0 aromatic heterocycles. The summed E-state index contributed by atoms with van der Waals surface area (Å²) in [4.78, 5) is 11.8. The Morgan fingerprint density at radius 1 is 1.50 bits per heavy atom. The van der Waals surface area contributed by atoms with Crippen LogP contribution in [0, 0.1) is 11.8 Å². The molecule has 2 rings (SSSR count). The van der Waals surface area contributed by atoms with Crippen LogP contribution in [0.25, 0.3) is 0 Å². The third-order valence-corrected chi connectivity index (χ3v) is 3.69. The van der Waals surface area contributed by atoms with Crippen molar-refractivity contribution in [2.75, 3.05) is 26.3 Å². The smallest absolute Gasteiger partial charge is 0.237 e. The van der Waals surface area contributed by atoms with E-state index in [1.165, 1.54) is 0 Å². The van der Waals surface area contributed by atoms with Gasteiger partial charge in [0.05, 0.1) is 6.04 Å². The van der Waals surface area contributed by atoms with Crippen LogP contribution in [0.1, 0.15) is 26.2 Å². The standard InChI is InChI=1S/C12H22N2O2/c1-9-2-5-13-11(9)12(15)14-6-3-10-4-7-16-8-10/h9-11,13H,2-8H2,1H3,(H,14,15). The lowest BCUT2D eigenvalue weighted by atomic mass is 10.0. The summed E-state index contributed by atoms with van der Waals surface area (Å²) in [5.41, 5.74) is 0. The van der Waals surface area contributed by atoms with Crippen molar-refractivity contribution in [1.29, 1.82) is 0 Å². The van der Waals surface area contributed by atoms with Crippen molar-refractivity contribution in [3.8, 4) is 0 Å². The van der Waals surface area contributed by atoms with Crippen LogP contribution in [0.3, 0.4) is 0 Å². The van der Waals surface area contributed by atoms with Gasteiger partial charge in [0, 0.05) is 19.8 Å². The fourth-order valence-electron chi connectivity index (χ4n) is 2.51. The molecule has 92 valence electrons. The van der Waals surface area contributed by atoms with Crippen molar-refractivity contribution in [2.45, 2.75) is 32.2 Å². The van der Waals surface area contributed by atoms with E-state index in [-0.39, 0.29) is 11.9 Å². The quantitative estimate of drug-likeness (QED) is 0.735. The van der Waals surface area contributed by atoms with Gasteiger partial charge in [0.25, 0.3) is 0 Å². The zero-order valence-electron chi connectivity index (χ0n) is 10.00. The van der Waals surface area contributed by atoms with Crippen molar-refractivity contribution in [3.63, 3.8) is 0 Å². The average molecular weight is 226 g/mol. The second-order valence-electron chi connectivity index (χ2n) is 5.01. The molecular formula is C12H22N2O2. The van der Waals surface area contributed by atoms with Crippen molar-refractivity contribution in [3.05, 3.63) is 0 Å². The van der Waals surface area contributed by atoms with E-state index in [1.807, 2.05) is 0 Å². The molecule has 4 nitrogen and oxygen atoms in total. The van der Waals surface area contributed by atoms with Gasteiger partial charge < -0.3 is 15.4 Å². The van der Waals surface area contributed by atoms with E-state index < -0.39 is 0 Å². The predicted octanol–water partition coefficient (Wildman–Crippen LogP) is 0.527. The van der Waals surface area contributed by atoms with E-state index in [2.05, 4.69) is 17.6 Å². The Bertz CT molecular complexity index is 239. The molecule has 3 unspecified atom stereocenters. The van der Waals surface area contributed by atoms with Gasteiger partial charge in [-0.1, -0.05) is 6.92 Å². The predicted molar refractivity (Wildman–Crippen MR) is 62.1 cm³/mol. The zero-order valence-corrected chi connectivity index (χ0v) is 10.00. The van der Waals surface area contributed by atoms with Crippen LogP contribution in [0.2, 0.25) is 0 Å². The molecule has 2 N–H and O–H groups in total. The minimum absolute atomic E-state index is 0.0276. The fraction of sp³-hybridized carbons (Fsp3) is 0.917. The highest BCUT2D eigenvalue weighted by Gasteiger charge is 2.28. The van der Waals surface area contributed by atoms with Crippen LogP contribution >= 0.6 is 0 Å². The first-order valence-electron chi connectivity index (χ1n) is 6.36. The number of amides is 1. The Hall–Kier alpha value is -0.610. The van der Waals surface area contributed by atoms with Gasteiger partial charge in [-0.15, -0.1) is 0 Å². The Kier molecular flexibility index (Phi) is 4.18. The van der Waals surface area contributed by atoms with Gasteiger partial charge in [-0.3, -0.25) is 4.79 Å². The summed E-state index contributed by atoms with van der Waals surface area (Å²) in [6.07, 6.45) is 3.30. The first-order valence-corrected chi connectivity index (χ1v) is 6.36. The lowest BCUT2D eigenvalue weighted by molar-refractivity contribution is -0.123. The molecule has 2 heterocycles. The van der Waals surface area contributed by atoms with E-state index in [4.69, 9.17) is 4.74 Å². The van der Waals surface area contributed by atoms with Gasteiger partial charge in [-0.2, -0.15) is 0 Å². The van der Waals surface area contributed by atoms with Crippen LogP contribution in [0.15, 0.2) is 0 Å². The first-order chi connectivity index (χ1) is 7.77. The van der Waals surface area contributed by atoms with E-state index in [9.17, 15) is 4.79 Å². The third kappa shape index (κ3) is 2.95. The monoisotopic (exact) mass is 226 g/mol. The molecule has 2 fully saturated rings. The lowest BCUT2D eigenvalue weighted by Gasteiger charge is -2.16. The summed E-state index contributed by atoms with van der Waals surface area (Å²) in [7, 11) is 0. The molecule has 0 spiro atoms. The SMILES string of the molecule is CC1CCNC1C(=O)NCCC1CCOC1. The summed E-state index contributed by atoms with van der Waals surface area (Å²) in [5.74, 6) is 1.29. The number of hydrogen-bond acceptors (Lipinski definition) is 3. The molecule has 0 aromatic carbocycles. The summed E-state index contributed by atoms with van der Waals surface area (Å²) in [5, 5.41) is 6.27. The maximum absolute atomic E-state index is 11.8. The zero-order chi connectivity index (χ0) is 11.4. The lowest BCUT2D eigenvalue weighted by Crippen LogP contribution is -2.43. The van der Waals surface area contributed by atoms with Crippen LogP contribution in [-0.4, -0.2) is 38.3 Å². The van der Waals surface area contributed by atoms with Gasteiger partial charge in [0.15, 0.2) is 0 Å². The number of carbonyl (C=O) groups excluding carboxylic acids is 1. The second-order valence-corrected chi connectivity index (χ2v) is 5.01. The average Bonchev–Trinajstić information content (AvgIpc) is 2.88. The maximum Gasteiger partial charge on any atom is 0.237 e. The molecule has 2 aliphatic rings. The minimum atomic E-state index is 0.0276. The highest BCUT2D eigenvalue weighted by Crippen LogP contribution is 2.16. The topological polar surface area (TPSA) is 50.4 Å². The number of ether oxygens (including phenoxy) is 1. The largest absolute Gasteiger partial charge is 0.381 e. The molecule has 0 saturated carbocycles. The summed E-state index contributed by atoms with van der Waals surface area (Å²) in [6, 6.07) is 0.0276. The van der Waals surface area contributed by atoms with Gasteiger partial charge in [0.1, 0.15) is 0 Å². The van der Waals surface area contributed by atoms with Crippen molar-refractivity contribution < 1.29 is 9.53 Å². The Balaban J connectivity index is 1.63. The summed E-state index contributed by atoms with van der Waals surface area (Å²) in [6.45, 7) is 5.65. The van der Waals surface area contributed by atoms with Gasteiger partial charge >= 0.3 is 0 Å². The Labute approximate surface area is 97.1 Å². The first kappa shape index (κ1) is 11.9. The van der Waals surface area contributed by atoms with Gasteiger partial charge in [-0.25, -0.2) is 0 Å². The number of hydrogen-bond donors (Lipinski definition) is 2. The molecule has 0 aromatic rings. The normalized spacial score (nSPS) is 34.2. The second kappa shape index (κ2) is 5.64. The van der Waals surface area contributed by atoms with Crippen molar-refractivity contribution >= 4 is 5.91 Å². The molecule has 2 saturated heterocycles. The molecular weight excluding hydrogens is 204 g/mol. The van der Waals surface area contributed by atoms with E-state index in [0.717, 1.165) is 45.6 Å². The number of carbonyl (C=O) groups is 1. The molecule has 2 aliphatic heterocycles. The Morgan fingerprint density at radius 3 is 3.00 bits per heavy atom. The highest BCUT2D eigenvalue weighted by molar-refractivity contribution is 5.82. The van der Waals surface area contributed by atoms with Gasteiger partial charge in [-0.05, 0) is 37.6 Å². The molecule has 1 amide bonds. The molecule has 0 bridgehead atoms.